The summed E-state index contributed by atoms with van der Waals surface area (Å²) in [5.41, 5.74) is 0.427. The molecule has 3 rings (SSSR count). The lowest BCUT2D eigenvalue weighted by atomic mass is 9.83. The van der Waals surface area contributed by atoms with Gasteiger partial charge in [-0.25, -0.2) is 0 Å². The molecule has 2 nitrogen and oxygen atoms in total. The third-order valence-corrected chi connectivity index (χ3v) is 5.15. The Kier molecular flexibility index (Phi) is 2.75. The smallest absolute Gasteiger partial charge is 0.0309 e. The predicted molar refractivity (Wildman–Crippen MR) is 67.5 cm³/mol. The average molecular weight is 222 g/mol. The van der Waals surface area contributed by atoms with Gasteiger partial charge in [-0.1, -0.05) is 6.42 Å². The molecule has 0 aromatic carbocycles. The topological polar surface area (TPSA) is 15.3 Å². The molecule has 0 aromatic heterocycles. The van der Waals surface area contributed by atoms with Crippen LogP contribution in [0.4, 0.5) is 0 Å². The summed E-state index contributed by atoms with van der Waals surface area (Å²) >= 11 is 0. The first-order chi connectivity index (χ1) is 7.67. The molecular weight excluding hydrogens is 196 g/mol. The van der Waals surface area contributed by atoms with Gasteiger partial charge >= 0.3 is 0 Å². The fourth-order valence-corrected chi connectivity index (χ4v) is 3.39. The molecule has 2 aliphatic carbocycles. The van der Waals surface area contributed by atoms with Crippen LogP contribution in [-0.2, 0) is 0 Å². The van der Waals surface area contributed by atoms with Crippen molar-refractivity contribution in [2.75, 3.05) is 19.6 Å². The van der Waals surface area contributed by atoms with E-state index in [1.54, 1.807) is 0 Å². The van der Waals surface area contributed by atoms with Crippen LogP contribution in [0.1, 0.15) is 46.0 Å². The molecule has 16 heavy (non-hydrogen) atoms. The number of nitrogens with one attached hydrogen (secondary N) is 1. The van der Waals surface area contributed by atoms with Crippen LogP contribution in [0.15, 0.2) is 0 Å². The molecular formula is C14H26N2. The van der Waals surface area contributed by atoms with Crippen LogP contribution in [0.25, 0.3) is 0 Å². The SMILES string of the molecule is CC1CNC(C)(C2CC2)CN1CC1CCC1. The van der Waals surface area contributed by atoms with Crippen LogP contribution in [0.2, 0.25) is 0 Å². The molecule has 3 aliphatic rings. The highest BCUT2D eigenvalue weighted by Gasteiger charge is 2.45. The van der Waals surface area contributed by atoms with Crippen molar-refractivity contribution in [1.82, 2.24) is 10.2 Å². The van der Waals surface area contributed by atoms with E-state index in [0.717, 1.165) is 17.9 Å². The van der Waals surface area contributed by atoms with E-state index in [9.17, 15) is 0 Å². The normalized spacial score (nSPS) is 42.0. The van der Waals surface area contributed by atoms with Gasteiger partial charge in [-0.05, 0) is 51.4 Å². The standard InChI is InChI=1S/C14H26N2/c1-11-8-15-14(2,13-6-7-13)10-16(11)9-12-4-3-5-12/h11-13,15H,3-10H2,1-2H3. The summed E-state index contributed by atoms with van der Waals surface area (Å²) in [7, 11) is 0. The summed E-state index contributed by atoms with van der Waals surface area (Å²) in [5.74, 6) is 1.98. The molecule has 0 aromatic rings. The lowest BCUT2D eigenvalue weighted by Crippen LogP contribution is -2.64. The number of rotatable bonds is 3. The number of nitrogens with zero attached hydrogens (tertiary/aromatic N) is 1. The molecule has 0 spiro atoms. The zero-order chi connectivity index (χ0) is 11.2. The van der Waals surface area contributed by atoms with Crippen molar-refractivity contribution < 1.29 is 0 Å². The van der Waals surface area contributed by atoms with Gasteiger partial charge in [0.15, 0.2) is 0 Å². The third-order valence-electron chi connectivity index (χ3n) is 5.15. The van der Waals surface area contributed by atoms with E-state index in [2.05, 4.69) is 24.1 Å². The van der Waals surface area contributed by atoms with Gasteiger partial charge in [0.25, 0.3) is 0 Å². The summed E-state index contributed by atoms with van der Waals surface area (Å²) in [6.45, 7) is 8.68. The molecule has 1 saturated heterocycles. The van der Waals surface area contributed by atoms with E-state index < -0.39 is 0 Å². The Bertz CT molecular complexity index is 257. The molecule has 1 aliphatic heterocycles. The zero-order valence-corrected chi connectivity index (χ0v) is 10.8. The van der Waals surface area contributed by atoms with E-state index in [4.69, 9.17) is 0 Å². The van der Waals surface area contributed by atoms with E-state index in [1.807, 2.05) is 0 Å². The summed E-state index contributed by atoms with van der Waals surface area (Å²) in [6, 6.07) is 0.743. The third kappa shape index (κ3) is 2.02. The molecule has 2 heteroatoms. The lowest BCUT2D eigenvalue weighted by molar-refractivity contribution is 0.0557. The quantitative estimate of drug-likeness (QED) is 0.788. The Hall–Kier alpha value is -0.0800. The molecule has 92 valence electrons. The Morgan fingerprint density at radius 1 is 1.25 bits per heavy atom. The first-order valence-electron chi connectivity index (χ1n) is 7.16. The Labute approximate surface area is 99.8 Å². The van der Waals surface area contributed by atoms with Crippen molar-refractivity contribution in [1.29, 1.82) is 0 Å². The largest absolute Gasteiger partial charge is 0.308 e. The number of hydrogen-bond donors (Lipinski definition) is 1. The molecule has 0 radical (unpaired) electrons. The fraction of sp³-hybridized carbons (Fsp3) is 1.00. The Balaban J connectivity index is 1.61. The summed E-state index contributed by atoms with van der Waals surface area (Å²) in [4.78, 5) is 2.76. The minimum Gasteiger partial charge on any atom is -0.308 e. The average Bonchev–Trinajstić information content (AvgIpc) is 3.00. The molecule has 1 N–H and O–H groups in total. The van der Waals surface area contributed by atoms with E-state index in [1.165, 1.54) is 51.7 Å². The molecule has 2 saturated carbocycles. The van der Waals surface area contributed by atoms with Gasteiger partial charge in [0, 0.05) is 31.2 Å². The maximum atomic E-state index is 3.80. The summed E-state index contributed by atoms with van der Waals surface area (Å²) in [5, 5.41) is 3.80. The number of piperazine rings is 1. The van der Waals surface area contributed by atoms with Crippen molar-refractivity contribution >= 4 is 0 Å². The van der Waals surface area contributed by atoms with Crippen LogP contribution >= 0.6 is 0 Å². The molecule has 0 bridgehead atoms. The predicted octanol–water partition coefficient (Wildman–Crippen LogP) is 2.25. The second-order valence-corrected chi connectivity index (χ2v) is 6.65. The first kappa shape index (κ1) is 11.0. The Morgan fingerprint density at radius 2 is 2.00 bits per heavy atom. The minimum absolute atomic E-state index is 0.427. The van der Waals surface area contributed by atoms with Crippen LogP contribution in [0.5, 0.6) is 0 Å². The zero-order valence-electron chi connectivity index (χ0n) is 10.8. The molecule has 3 fully saturated rings. The Morgan fingerprint density at radius 3 is 2.56 bits per heavy atom. The van der Waals surface area contributed by atoms with Gasteiger partial charge < -0.3 is 5.32 Å². The lowest BCUT2D eigenvalue weighted by Gasteiger charge is -2.47. The van der Waals surface area contributed by atoms with E-state index in [0.29, 0.717) is 5.54 Å². The van der Waals surface area contributed by atoms with Gasteiger partial charge in [0.05, 0.1) is 0 Å². The van der Waals surface area contributed by atoms with E-state index >= 15 is 0 Å². The van der Waals surface area contributed by atoms with Crippen LogP contribution in [0, 0.1) is 11.8 Å². The molecule has 2 atom stereocenters. The van der Waals surface area contributed by atoms with Gasteiger partial charge in [0.1, 0.15) is 0 Å². The van der Waals surface area contributed by atoms with Gasteiger partial charge in [-0.2, -0.15) is 0 Å². The van der Waals surface area contributed by atoms with Crippen LogP contribution in [0.3, 0.4) is 0 Å². The molecule has 2 unspecified atom stereocenters. The highest BCUT2D eigenvalue weighted by atomic mass is 15.3. The molecule has 0 amide bonds. The second-order valence-electron chi connectivity index (χ2n) is 6.65. The first-order valence-corrected chi connectivity index (χ1v) is 7.16. The maximum absolute atomic E-state index is 3.80. The van der Waals surface area contributed by atoms with Crippen molar-refractivity contribution in [3.05, 3.63) is 0 Å². The maximum Gasteiger partial charge on any atom is 0.0309 e. The van der Waals surface area contributed by atoms with Crippen molar-refractivity contribution in [3.63, 3.8) is 0 Å². The van der Waals surface area contributed by atoms with Gasteiger partial charge in [0.2, 0.25) is 0 Å². The van der Waals surface area contributed by atoms with E-state index in [-0.39, 0.29) is 0 Å². The molecule has 1 heterocycles. The highest BCUT2D eigenvalue weighted by molar-refractivity contribution is 5.03. The van der Waals surface area contributed by atoms with Crippen LogP contribution in [-0.4, -0.2) is 36.1 Å². The highest BCUT2D eigenvalue weighted by Crippen LogP contribution is 2.41. The summed E-state index contributed by atoms with van der Waals surface area (Å²) < 4.78 is 0. The van der Waals surface area contributed by atoms with Crippen LogP contribution < -0.4 is 5.32 Å². The van der Waals surface area contributed by atoms with Crippen molar-refractivity contribution in [2.45, 2.75) is 57.5 Å². The van der Waals surface area contributed by atoms with Gasteiger partial charge in [-0.3, -0.25) is 4.90 Å². The monoisotopic (exact) mass is 222 g/mol. The number of hydrogen-bond acceptors (Lipinski definition) is 2. The van der Waals surface area contributed by atoms with Gasteiger partial charge in [-0.15, -0.1) is 0 Å². The van der Waals surface area contributed by atoms with Crippen molar-refractivity contribution in [3.8, 4) is 0 Å². The second kappa shape index (κ2) is 3.99. The summed E-state index contributed by atoms with van der Waals surface area (Å²) in [6.07, 6.45) is 7.35. The minimum atomic E-state index is 0.427. The fourth-order valence-electron chi connectivity index (χ4n) is 3.39. The van der Waals surface area contributed by atoms with Crippen molar-refractivity contribution in [2.24, 2.45) is 11.8 Å².